The first-order valence-electron chi connectivity index (χ1n) is 9.37. The molecule has 0 amide bonds. The van der Waals surface area contributed by atoms with E-state index in [1.807, 2.05) is 0 Å². The van der Waals surface area contributed by atoms with Gasteiger partial charge in [0.25, 0.3) is 20.2 Å². The molecule has 4 N–H and O–H groups in total. The first-order valence-corrected chi connectivity index (χ1v) is 12.2. The monoisotopic (exact) mass is 501 g/mol. The summed E-state index contributed by atoms with van der Waals surface area (Å²) in [6, 6.07) is 14.5. The second kappa shape index (κ2) is 8.46. The summed E-state index contributed by atoms with van der Waals surface area (Å²) in [4.78, 5) is 11.1. The number of aromatic nitrogens is 3. The molecule has 0 saturated carbocycles. The fraction of sp³-hybridized carbons (Fsp3) is 0. The second-order valence-electron chi connectivity index (χ2n) is 6.98. The Morgan fingerprint density at radius 1 is 0.559 bits per heavy atom. The zero-order valence-electron chi connectivity index (χ0n) is 16.9. The maximum Gasteiger partial charge on any atom is 0.294 e. The number of rotatable bonds is 5. The number of para-hydroxylation sites is 2. The molecule has 11 nitrogen and oxygen atoms in total. The third kappa shape index (κ3) is 4.72. The molecular weight excluding hydrogens is 486 g/mol. The van der Waals surface area contributed by atoms with Gasteiger partial charge in [-0.15, -0.1) is 0 Å². The van der Waals surface area contributed by atoms with Crippen molar-refractivity contribution in [3.63, 3.8) is 0 Å². The third-order valence-corrected chi connectivity index (χ3v) is 6.32. The number of hydrogen-bond acceptors (Lipinski definition) is 9. The van der Waals surface area contributed by atoms with Gasteiger partial charge in [0.2, 0.25) is 0 Å². The fourth-order valence-electron chi connectivity index (χ4n) is 3.07. The Balaban J connectivity index is 2.06. The standard InChI is InChI=1S/C21H15N3O8S2/c25-17-7-3-1-5-15(17)20-22-19(23-21(24-20)16-6-2-4-8-18(16)26)12-9-13(33(27,28)29)11-14(10-12)34(30,31)32/h1-11,25-26H,(H,27,28,29)(H,30,31,32). The van der Waals surface area contributed by atoms with Crippen LogP contribution < -0.4 is 0 Å². The van der Waals surface area contributed by atoms with Gasteiger partial charge >= 0.3 is 0 Å². The fourth-order valence-corrected chi connectivity index (χ4v) is 4.25. The molecule has 1 aromatic heterocycles. The van der Waals surface area contributed by atoms with Gasteiger partial charge in [0, 0.05) is 5.56 Å². The SMILES string of the molecule is O=S(=O)(O)c1cc(-c2nc(-c3ccccc3O)nc(-c3ccccc3O)n2)cc(S(=O)(=O)O)c1. The van der Waals surface area contributed by atoms with Gasteiger partial charge in [-0.25, -0.2) is 15.0 Å². The number of hydrogen-bond donors (Lipinski definition) is 4. The number of phenolic OH excluding ortho intramolecular Hbond substituents is 2. The van der Waals surface area contributed by atoms with Crippen molar-refractivity contribution in [3.8, 4) is 45.7 Å². The lowest BCUT2D eigenvalue weighted by Crippen LogP contribution is -2.06. The van der Waals surface area contributed by atoms with E-state index in [9.17, 15) is 36.2 Å². The van der Waals surface area contributed by atoms with Crippen molar-refractivity contribution in [1.82, 2.24) is 15.0 Å². The van der Waals surface area contributed by atoms with E-state index in [0.717, 1.165) is 12.1 Å². The van der Waals surface area contributed by atoms with Crippen LogP contribution in [0.2, 0.25) is 0 Å². The molecule has 0 spiro atoms. The Bertz CT molecular complexity index is 1520. The van der Waals surface area contributed by atoms with Gasteiger partial charge in [-0.2, -0.15) is 16.8 Å². The number of benzene rings is 3. The zero-order chi connectivity index (χ0) is 24.7. The molecule has 0 aliphatic carbocycles. The van der Waals surface area contributed by atoms with Crippen molar-refractivity contribution < 1.29 is 36.2 Å². The smallest absolute Gasteiger partial charge is 0.294 e. The molecule has 0 radical (unpaired) electrons. The largest absolute Gasteiger partial charge is 0.507 e. The maximum absolute atomic E-state index is 11.7. The molecule has 0 unspecified atom stereocenters. The highest BCUT2D eigenvalue weighted by Crippen LogP contribution is 2.33. The number of aromatic hydroxyl groups is 2. The molecule has 0 atom stereocenters. The van der Waals surface area contributed by atoms with Crippen molar-refractivity contribution in [2.24, 2.45) is 0 Å². The van der Waals surface area contributed by atoms with Gasteiger partial charge in [-0.05, 0) is 42.5 Å². The van der Waals surface area contributed by atoms with Crippen molar-refractivity contribution in [2.75, 3.05) is 0 Å². The minimum atomic E-state index is -4.88. The van der Waals surface area contributed by atoms with Crippen LogP contribution >= 0.6 is 0 Å². The van der Waals surface area contributed by atoms with Crippen LogP contribution in [-0.4, -0.2) is 51.1 Å². The Morgan fingerprint density at radius 3 is 1.32 bits per heavy atom. The molecule has 0 aliphatic heterocycles. The molecule has 34 heavy (non-hydrogen) atoms. The van der Waals surface area contributed by atoms with Crippen LogP contribution in [0.3, 0.4) is 0 Å². The first kappa shape index (κ1) is 23.3. The summed E-state index contributed by atoms with van der Waals surface area (Å²) < 4.78 is 65.8. The van der Waals surface area contributed by atoms with E-state index in [2.05, 4.69) is 15.0 Å². The van der Waals surface area contributed by atoms with E-state index < -0.39 is 30.0 Å². The molecule has 0 fully saturated rings. The third-order valence-electron chi connectivity index (χ3n) is 4.66. The Labute approximate surface area is 193 Å². The predicted molar refractivity (Wildman–Crippen MR) is 119 cm³/mol. The molecule has 1 heterocycles. The van der Waals surface area contributed by atoms with E-state index in [0.29, 0.717) is 6.07 Å². The van der Waals surface area contributed by atoms with E-state index >= 15 is 0 Å². The minimum absolute atomic E-state index is 0.0768. The van der Waals surface area contributed by atoms with E-state index in [4.69, 9.17) is 0 Å². The van der Waals surface area contributed by atoms with Gasteiger partial charge in [-0.3, -0.25) is 9.11 Å². The van der Waals surface area contributed by atoms with E-state index in [-0.39, 0.29) is 45.7 Å². The van der Waals surface area contributed by atoms with Gasteiger partial charge in [0.15, 0.2) is 17.5 Å². The minimum Gasteiger partial charge on any atom is -0.507 e. The van der Waals surface area contributed by atoms with Crippen molar-refractivity contribution in [1.29, 1.82) is 0 Å². The molecule has 13 heteroatoms. The highest BCUT2D eigenvalue weighted by Gasteiger charge is 2.22. The lowest BCUT2D eigenvalue weighted by Gasteiger charge is -2.11. The zero-order valence-corrected chi connectivity index (χ0v) is 18.6. The topological polar surface area (TPSA) is 188 Å². The molecule has 0 saturated heterocycles. The lowest BCUT2D eigenvalue weighted by molar-refractivity contribution is 0.476. The summed E-state index contributed by atoms with van der Waals surface area (Å²) in [5, 5.41) is 20.5. The number of nitrogens with zero attached hydrogens (tertiary/aromatic N) is 3. The highest BCUT2D eigenvalue weighted by atomic mass is 32.2. The Hall–Kier alpha value is -3.91. The van der Waals surface area contributed by atoms with E-state index in [1.165, 1.54) is 24.3 Å². The van der Waals surface area contributed by atoms with Crippen LogP contribution in [0.4, 0.5) is 0 Å². The normalized spacial score (nSPS) is 11.9. The maximum atomic E-state index is 11.7. The van der Waals surface area contributed by atoms with Gasteiger partial charge in [-0.1, -0.05) is 24.3 Å². The predicted octanol–water partition coefficient (Wildman–Crippen LogP) is 2.78. The molecular formula is C21H15N3O8S2. The van der Waals surface area contributed by atoms with Gasteiger partial charge in [0.1, 0.15) is 11.5 Å². The molecule has 4 aromatic rings. The lowest BCUT2D eigenvalue weighted by atomic mass is 10.1. The van der Waals surface area contributed by atoms with Crippen molar-refractivity contribution in [2.45, 2.75) is 9.79 Å². The highest BCUT2D eigenvalue weighted by molar-refractivity contribution is 7.86. The molecule has 0 bridgehead atoms. The van der Waals surface area contributed by atoms with Crippen molar-refractivity contribution >= 4 is 20.2 Å². The summed E-state index contributed by atoms with van der Waals surface area (Å²) in [5.74, 6) is -0.790. The summed E-state index contributed by atoms with van der Waals surface area (Å²) in [7, 11) is -9.76. The van der Waals surface area contributed by atoms with Crippen LogP contribution in [0.15, 0.2) is 76.5 Å². The summed E-state index contributed by atoms with van der Waals surface area (Å²) >= 11 is 0. The molecule has 0 aliphatic rings. The number of phenols is 2. The van der Waals surface area contributed by atoms with Crippen LogP contribution in [0.1, 0.15) is 0 Å². The summed E-state index contributed by atoms with van der Waals surface area (Å²) in [6.07, 6.45) is 0. The molecule has 3 aromatic carbocycles. The van der Waals surface area contributed by atoms with Gasteiger partial charge < -0.3 is 10.2 Å². The van der Waals surface area contributed by atoms with Crippen LogP contribution in [0.25, 0.3) is 34.2 Å². The molecule has 174 valence electrons. The Kier molecular flexibility index (Phi) is 5.79. The first-order chi connectivity index (χ1) is 15.9. The van der Waals surface area contributed by atoms with Crippen LogP contribution in [0.5, 0.6) is 11.5 Å². The average molecular weight is 501 g/mol. The second-order valence-corrected chi connectivity index (χ2v) is 9.83. The van der Waals surface area contributed by atoms with E-state index in [1.54, 1.807) is 24.3 Å². The summed E-state index contributed by atoms with van der Waals surface area (Å²) in [5.41, 5.74) is 0.131. The quantitative estimate of drug-likeness (QED) is 0.294. The van der Waals surface area contributed by atoms with Crippen molar-refractivity contribution in [3.05, 3.63) is 66.7 Å². The molecule has 4 rings (SSSR count). The van der Waals surface area contributed by atoms with Gasteiger partial charge in [0.05, 0.1) is 20.9 Å². The Morgan fingerprint density at radius 2 is 0.941 bits per heavy atom. The van der Waals surface area contributed by atoms with Crippen LogP contribution in [-0.2, 0) is 20.2 Å². The summed E-state index contributed by atoms with van der Waals surface area (Å²) in [6.45, 7) is 0. The average Bonchev–Trinajstić information content (AvgIpc) is 2.78. The van der Waals surface area contributed by atoms with Crippen LogP contribution in [0, 0.1) is 0 Å².